The van der Waals surface area contributed by atoms with Crippen molar-refractivity contribution in [2.45, 2.75) is 57.0 Å². The maximum absolute atomic E-state index is 13.7. The zero-order valence-electron chi connectivity index (χ0n) is 19.1. The van der Waals surface area contributed by atoms with Crippen LogP contribution in [0.4, 0.5) is 4.39 Å². The Morgan fingerprint density at radius 1 is 1.09 bits per heavy atom. The lowest BCUT2D eigenvalue weighted by atomic mass is 9.99. The van der Waals surface area contributed by atoms with Crippen LogP contribution in [0.15, 0.2) is 61.3 Å². The van der Waals surface area contributed by atoms with Crippen LogP contribution >= 0.6 is 0 Å². The fraction of sp³-hybridized carbons (Fsp3) is 0.385. The quantitative estimate of drug-likeness (QED) is 0.490. The summed E-state index contributed by atoms with van der Waals surface area (Å²) in [5.41, 5.74) is 1.81. The molecule has 1 unspecified atom stereocenters. The first-order chi connectivity index (χ1) is 16.6. The molecule has 2 aromatic heterocycles. The van der Waals surface area contributed by atoms with Gasteiger partial charge in [-0.15, -0.1) is 0 Å². The second-order valence-corrected chi connectivity index (χ2v) is 8.68. The van der Waals surface area contributed by atoms with Crippen LogP contribution in [-0.2, 0) is 11.2 Å². The first-order valence-electron chi connectivity index (χ1n) is 11.9. The van der Waals surface area contributed by atoms with Crippen molar-refractivity contribution in [1.82, 2.24) is 25.2 Å². The molecule has 0 aliphatic heterocycles. The lowest BCUT2D eigenvalue weighted by molar-refractivity contribution is -0.126. The van der Waals surface area contributed by atoms with Crippen LogP contribution in [0.25, 0.3) is 0 Å². The van der Waals surface area contributed by atoms with Gasteiger partial charge in [0.2, 0.25) is 5.91 Å². The summed E-state index contributed by atoms with van der Waals surface area (Å²) < 4.78 is 13.5. The molecule has 3 aromatic rings. The summed E-state index contributed by atoms with van der Waals surface area (Å²) in [4.78, 5) is 40.1. The van der Waals surface area contributed by atoms with Gasteiger partial charge in [-0.3, -0.25) is 14.6 Å². The molecule has 1 fully saturated rings. The number of carbonyl (C=O) groups is 2. The average molecular weight is 464 g/mol. The van der Waals surface area contributed by atoms with Gasteiger partial charge in [-0.1, -0.05) is 43.9 Å². The molecular weight excluding hydrogens is 433 g/mol. The number of aromatic amines is 1. The molecule has 0 radical (unpaired) electrons. The van der Waals surface area contributed by atoms with Gasteiger partial charge >= 0.3 is 0 Å². The molecule has 1 aliphatic carbocycles. The van der Waals surface area contributed by atoms with E-state index in [1.165, 1.54) is 24.7 Å². The van der Waals surface area contributed by atoms with Crippen LogP contribution in [-0.4, -0.2) is 44.3 Å². The number of H-pyrrole nitrogens is 1. The fourth-order valence-corrected chi connectivity index (χ4v) is 4.64. The van der Waals surface area contributed by atoms with Crippen molar-refractivity contribution in [2.75, 3.05) is 6.54 Å². The number of pyridine rings is 1. The highest BCUT2D eigenvalue weighted by Gasteiger charge is 2.37. The van der Waals surface area contributed by atoms with E-state index in [9.17, 15) is 14.0 Å². The van der Waals surface area contributed by atoms with E-state index in [-0.39, 0.29) is 23.7 Å². The number of nitrogens with one attached hydrogen (secondary N) is 2. The third-order valence-electron chi connectivity index (χ3n) is 6.31. The second-order valence-electron chi connectivity index (χ2n) is 8.68. The topological polar surface area (TPSA) is 91.0 Å². The lowest BCUT2D eigenvalue weighted by Crippen LogP contribution is -2.49. The molecule has 1 atom stereocenters. The second kappa shape index (κ2) is 11.5. The number of aromatic nitrogens is 3. The number of hydrogen-bond acceptors (Lipinski definition) is 4. The Morgan fingerprint density at radius 3 is 2.59 bits per heavy atom. The van der Waals surface area contributed by atoms with E-state index in [0.717, 1.165) is 44.1 Å². The molecule has 7 nitrogen and oxygen atoms in total. The van der Waals surface area contributed by atoms with Gasteiger partial charge in [0.15, 0.2) is 0 Å². The van der Waals surface area contributed by atoms with Crippen molar-refractivity contribution < 1.29 is 14.0 Å². The number of halogens is 1. The minimum Gasteiger partial charge on any atom is -0.354 e. The van der Waals surface area contributed by atoms with E-state index >= 15 is 0 Å². The Balaban J connectivity index is 1.61. The van der Waals surface area contributed by atoms with Crippen LogP contribution in [0.3, 0.4) is 0 Å². The van der Waals surface area contributed by atoms with E-state index in [1.807, 2.05) is 12.1 Å². The predicted octanol–water partition coefficient (Wildman–Crippen LogP) is 4.21. The molecule has 0 spiro atoms. The van der Waals surface area contributed by atoms with Gasteiger partial charge in [0.25, 0.3) is 5.91 Å². The minimum absolute atomic E-state index is 0.0718. The van der Waals surface area contributed by atoms with Gasteiger partial charge in [-0.25, -0.2) is 9.37 Å². The lowest BCUT2D eigenvalue weighted by Gasteiger charge is -2.37. The van der Waals surface area contributed by atoms with Crippen LogP contribution in [0.1, 0.15) is 66.2 Å². The molecule has 2 amide bonds. The zero-order chi connectivity index (χ0) is 23.8. The largest absolute Gasteiger partial charge is 0.354 e. The Kier molecular flexibility index (Phi) is 8.01. The summed E-state index contributed by atoms with van der Waals surface area (Å²) in [5, 5.41) is 2.98. The molecule has 0 saturated heterocycles. The summed E-state index contributed by atoms with van der Waals surface area (Å²) in [6, 6.07) is 9.03. The van der Waals surface area contributed by atoms with Crippen molar-refractivity contribution in [2.24, 2.45) is 0 Å². The van der Waals surface area contributed by atoms with Gasteiger partial charge in [0, 0.05) is 30.5 Å². The number of benzene rings is 1. The Labute approximate surface area is 198 Å². The number of hydrogen-bond donors (Lipinski definition) is 2. The van der Waals surface area contributed by atoms with Crippen LogP contribution in [0.5, 0.6) is 0 Å². The molecule has 178 valence electrons. The monoisotopic (exact) mass is 463 g/mol. The molecule has 1 aliphatic rings. The van der Waals surface area contributed by atoms with Crippen LogP contribution in [0, 0.1) is 5.82 Å². The highest BCUT2D eigenvalue weighted by Crippen LogP contribution is 2.31. The van der Waals surface area contributed by atoms with Gasteiger partial charge in [-0.2, -0.15) is 0 Å². The number of amides is 2. The maximum atomic E-state index is 13.7. The first kappa shape index (κ1) is 23.6. The molecular formula is C26H30FN5O2. The summed E-state index contributed by atoms with van der Waals surface area (Å²) in [6.45, 7) is 0.329. The van der Waals surface area contributed by atoms with Crippen molar-refractivity contribution >= 4 is 11.8 Å². The van der Waals surface area contributed by atoms with Crippen molar-refractivity contribution in [1.29, 1.82) is 0 Å². The number of nitrogens with zero attached hydrogens (tertiary/aromatic N) is 3. The normalized spacial score (nSPS) is 15.3. The van der Waals surface area contributed by atoms with Gasteiger partial charge < -0.3 is 15.2 Å². The highest BCUT2D eigenvalue weighted by atomic mass is 19.1. The zero-order valence-corrected chi connectivity index (χ0v) is 19.1. The van der Waals surface area contributed by atoms with Crippen molar-refractivity contribution in [3.05, 3.63) is 84.0 Å². The van der Waals surface area contributed by atoms with Crippen molar-refractivity contribution in [3.8, 4) is 0 Å². The molecule has 0 bridgehead atoms. The average Bonchev–Trinajstić information content (AvgIpc) is 3.26. The summed E-state index contributed by atoms with van der Waals surface area (Å²) in [7, 11) is 0. The van der Waals surface area contributed by atoms with Gasteiger partial charge in [0.05, 0.1) is 12.5 Å². The molecule has 8 heteroatoms. The maximum Gasteiger partial charge on any atom is 0.273 e. The molecule has 2 heterocycles. The SMILES string of the molecule is O=C(NCCc1cccc(F)c1)C(c1cccnc1)N(C(=O)c1cnc[nH]1)C1CCCCCC1. The number of imidazole rings is 1. The minimum atomic E-state index is -0.833. The van der Waals surface area contributed by atoms with Crippen LogP contribution < -0.4 is 5.32 Å². The van der Waals surface area contributed by atoms with E-state index in [1.54, 1.807) is 29.4 Å². The molecule has 34 heavy (non-hydrogen) atoms. The molecule has 4 rings (SSSR count). The summed E-state index contributed by atoms with van der Waals surface area (Å²) in [6.07, 6.45) is 12.7. The Bertz CT molecular complexity index is 1070. The van der Waals surface area contributed by atoms with Gasteiger partial charge in [0.1, 0.15) is 17.6 Å². The molecule has 1 saturated carbocycles. The van der Waals surface area contributed by atoms with E-state index in [0.29, 0.717) is 24.2 Å². The molecule has 1 aromatic carbocycles. The Hall–Kier alpha value is -3.55. The van der Waals surface area contributed by atoms with Crippen LogP contribution in [0.2, 0.25) is 0 Å². The standard InChI is InChI=1S/C26H30FN5O2/c27-21-9-5-7-19(15-21)12-14-30-25(33)24(20-8-6-13-28-16-20)32(22-10-3-1-2-4-11-22)26(34)23-17-29-18-31-23/h5-9,13,15-18,22,24H,1-4,10-12,14H2,(H,29,31)(H,30,33). The predicted molar refractivity (Wildman–Crippen MR) is 126 cm³/mol. The van der Waals surface area contributed by atoms with E-state index < -0.39 is 6.04 Å². The third kappa shape index (κ3) is 5.87. The highest BCUT2D eigenvalue weighted by molar-refractivity contribution is 5.96. The first-order valence-corrected chi connectivity index (χ1v) is 11.9. The van der Waals surface area contributed by atoms with E-state index in [4.69, 9.17) is 0 Å². The van der Waals surface area contributed by atoms with Crippen molar-refractivity contribution in [3.63, 3.8) is 0 Å². The summed E-state index contributed by atoms with van der Waals surface area (Å²) in [5.74, 6) is -0.832. The number of carbonyl (C=O) groups excluding carboxylic acids is 2. The third-order valence-corrected chi connectivity index (χ3v) is 6.31. The van der Waals surface area contributed by atoms with Gasteiger partial charge in [-0.05, 0) is 43.0 Å². The Morgan fingerprint density at radius 2 is 1.91 bits per heavy atom. The summed E-state index contributed by atoms with van der Waals surface area (Å²) >= 11 is 0. The smallest absolute Gasteiger partial charge is 0.273 e. The number of rotatable bonds is 8. The van der Waals surface area contributed by atoms with E-state index in [2.05, 4.69) is 20.3 Å². The fourth-order valence-electron chi connectivity index (χ4n) is 4.64. The molecule has 2 N–H and O–H groups in total.